The zero-order valence-corrected chi connectivity index (χ0v) is 15.0. The number of nitrogens with zero attached hydrogens (tertiary/aromatic N) is 4. The number of pyridine rings is 1. The van der Waals surface area contributed by atoms with Crippen molar-refractivity contribution in [2.45, 2.75) is 13.3 Å². The Bertz CT molecular complexity index is 821. The normalized spacial score (nSPS) is 10.5. The molecule has 0 spiro atoms. The number of aryl methyl sites for hydroxylation is 1. The molecule has 0 saturated carbocycles. The van der Waals surface area contributed by atoms with Crippen molar-refractivity contribution < 1.29 is 0 Å². The summed E-state index contributed by atoms with van der Waals surface area (Å²) in [6.07, 6.45) is 4.54. The van der Waals surface area contributed by atoms with E-state index >= 15 is 0 Å². The Morgan fingerprint density at radius 1 is 1.04 bits per heavy atom. The first kappa shape index (κ1) is 17.2. The summed E-state index contributed by atoms with van der Waals surface area (Å²) in [6.45, 7) is 2.79. The van der Waals surface area contributed by atoms with Crippen molar-refractivity contribution in [2.75, 3.05) is 23.8 Å². The highest BCUT2D eigenvalue weighted by atomic mass is 35.5. The molecule has 0 radical (unpaired) electrons. The van der Waals surface area contributed by atoms with Crippen LogP contribution in [0.2, 0.25) is 5.02 Å². The topological polar surface area (TPSA) is 53.9 Å². The van der Waals surface area contributed by atoms with E-state index in [0.717, 1.165) is 30.2 Å². The van der Waals surface area contributed by atoms with E-state index < -0.39 is 0 Å². The van der Waals surface area contributed by atoms with E-state index in [1.165, 1.54) is 5.56 Å². The fraction of sp³-hybridized carbons (Fsp3) is 0.211. The van der Waals surface area contributed by atoms with Crippen molar-refractivity contribution in [3.8, 4) is 0 Å². The standard InChI is InChI=1S/C19H20ClN5/c1-14-13-18(23-17-5-3-16(20)4-6-17)24-19(22-14)25(2)12-9-15-7-10-21-11-8-15/h3-8,10-11,13H,9,12H2,1-2H3,(H,22,23,24). The van der Waals surface area contributed by atoms with E-state index in [1.807, 2.05) is 68.8 Å². The van der Waals surface area contributed by atoms with Crippen molar-refractivity contribution in [3.63, 3.8) is 0 Å². The summed E-state index contributed by atoms with van der Waals surface area (Å²) in [5, 5.41) is 4.01. The van der Waals surface area contributed by atoms with Gasteiger partial charge in [0.1, 0.15) is 5.82 Å². The van der Waals surface area contributed by atoms with Gasteiger partial charge in [-0.25, -0.2) is 4.98 Å². The third kappa shape index (κ3) is 4.90. The molecular formula is C19H20ClN5. The van der Waals surface area contributed by atoms with Crippen molar-refractivity contribution in [1.82, 2.24) is 15.0 Å². The molecule has 0 aliphatic rings. The fourth-order valence-electron chi connectivity index (χ4n) is 2.41. The lowest BCUT2D eigenvalue weighted by Crippen LogP contribution is -2.23. The van der Waals surface area contributed by atoms with Gasteiger partial charge in [0.15, 0.2) is 0 Å². The van der Waals surface area contributed by atoms with Crippen LogP contribution in [0.15, 0.2) is 54.9 Å². The van der Waals surface area contributed by atoms with Gasteiger partial charge in [0.25, 0.3) is 0 Å². The van der Waals surface area contributed by atoms with Gasteiger partial charge < -0.3 is 10.2 Å². The maximum absolute atomic E-state index is 5.93. The van der Waals surface area contributed by atoms with Crippen LogP contribution in [0.5, 0.6) is 0 Å². The number of halogens is 1. The number of benzene rings is 1. The molecule has 0 atom stereocenters. The molecule has 6 heteroatoms. The Balaban J connectivity index is 1.70. The van der Waals surface area contributed by atoms with Gasteiger partial charge in [-0.05, 0) is 55.3 Å². The Kier molecular flexibility index (Phi) is 5.46. The summed E-state index contributed by atoms with van der Waals surface area (Å²) in [6, 6.07) is 13.5. The molecular weight excluding hydrogens is 334 g/mol. The Morgan fingerprint density at radius 3 is 2.48 bits per heavy atom. The molecule has 2 aromatic heterocycles. The van der Waals surface area contributed by atoms with Crippen molar-refractivity contribution >= 4 is 29.1 Å². The number of anilines is 3. The van der Waals surface area contributed by atoms with Gasteiger partial charge in [0, 0.05) is 48.5 Å². The predicted octanol–water partition coefficient (Wildman–Crippen LogP) is 4.26. The zero-order valence-electron chi connectivity index (χ0n) is 14.3. The quantitative estimate of drug-likeness (QED) is 0.717. The minimum atomic E-state index is 0.700. The second kappa shape index (κ2) is 7.94. The molecule has 2 heterocycles. The molecule has 0 fully saturated rings. The van der Waals surface area contributed by atoms with Crippen molar-refractivity contribution in [1.29, 1.82) is 0 Å². The summed E-state index contributed by atoms with van der Waals surface area (Å²) in [5.41, 5.74) is 3.10. The van der Waals surface area contributed by atoms with Gasteiger partial charge in [0.2, 0.25) is 5.95 Å². The molecule has 0 amide bonds. The number of nitrogens with one attached hydrogen (secondary N) is 1. The van der Waals surface area contributed by atoms with Crippen LogP contribution in [0.25, 0.3) is 0 Å². The predicted molar refractivity (Wildman–Crippen MR) is 103 cm³/mol. The van der Waals surface area contributed by atoms with Crippen LogP contribution >= 0.6 is 11.6 Å². The third-order valence-electron chi connectivity index (χ3n) is 3.79. The first-order chi connectivity index (χ1) is 12.1. The van der Waals surface area contributed by atoms with Crippen molar-refractivity contribution in [3.05, 3.63) is 71.1 Å². The van der Waals surface area contributed by atoms with Crippen LogP contribution in [0, 0.1) is 6.92 Å². The lowest BCUT2D eigenvalue weighted by molar-refractivity contribution is 0.833. The maximum Gasteiger partial charge on any atom is 0.227 e. The minimum absolute atomic E-state index is 0.700. The van der Waals surface area contributed by atoms with E-state index in [9.17, 15) is 0 Å². The lowest BCUT2D eigenvalue weighted by atomic mass is 10.2. The monoisotopic (exact) mass is 353 g/mol. The highest BCUT2D eigenvalue weighted by molar-refractivity contribution is 6.30. The zero-order chi connectivity index (χ0) is 17.6. The molecule has 3 rings (SSSR count). The minimum Gasteiger partial charge on any atom is -0.343 e. The Hall–Kier alpha value is -2.66. The van der Waals surface area contributed by atoms with Crippen LogP contribution in [-0.4, -0.2) is 28.5 Å². The number of hydrogen-bond acceptors (Lipinski definition) is 5. The first-order valence-electron chi connectivity index (χ1n) is 8.08. The molecule has 0 bridgehead atoms. The van der Waals surface area contributed by atoms with Gasteiger partial charge in [0.05, 0.1) is 0 Å². The van der Waals surface area contributed by atoms with Gasteiger partial charge in [-0.3, -0.25) is 4.98 Å². The largest absolute Gasteiger partial charge is 0.343 e. The lowest BCUT2D eigenvalue weighted by Gasteiger charge is -2.18. The average molecular weight is 354 g/mol. The number of likely N-dealkylation sites (N-methyl/N-ethyl adjacent to an activating group) is 1. The summed E-state index contributed by atoms with van der Waals surface area (Å²) >= 11 is 5.93. The fourth-order valence-corrected chi connectivity index (χ4v) is 2.54. The van der Waals surface area contributed by atoms with Crippen LogP contribution < -0.4 is 10.2 Å². The molecule has 5 nitrogen and oxygen atoms in total. The molecule has 0 aliphatic carbocycles. The summed E-state index contributed by atoms with van der Waals surface area (Å²) in [7, 11) is 2.00. The highest BCUT2D eigenvalue weighted by Crippen LogP contribution is 2.20. The Morgan fingerprint density at radius 2 is 1.76 bits per heavy atom. The molecule has 25 heavy (non-hydrogen) atoms. The van der Waals surface area contributed by atoms with E-state index in [2.05, 4.69) is 25.2 Å². The second-order valence-electron chi connectivity index (χ2n) is 5.85. The molecule has 128 valence electrons. The number of hydrogen-bond donors (Lipinski definition) is 1. The van der Waals surface area contributed by atoms with Gasteiger partial charge in [-0.2, -0.15) is 4.98 Å². The van der Waals surface area contributed by atoms with E-state index in [-0.39, 0.29) is 0 Å². The second-order valence-corrected chi connectivity index (χ2v) is 6.29. The van der Waals surface area contributed by atoms with Gasteiger partial charge in [-0.1, -0.05) is 11.6 Å². The molecule has 0 aliphatic heterocycles. The van der Waals surface area contributed by atoms with Crippen LogP contribution in [0.1, 0.15) is 11.3 Å². The molecule has 0 unspecified atom stereocenters. The third-order valence-corrected chi connectivity index (χ3v) is 4.04. The SMILES string of the molecule is Cc1cc(Nc2ccc(Cl)cc2)nc(N(C)CCc2ccncc2)n1. The Labute approximate surface area is 152 Å². The van der Waals surface area contributed by atoms with E-state index in [0.29, 0.717) is 11.0 Å². The van der Waals surface area contributed by atoms with E-state index in [1.54, 1.807) is 0 Å². The van der Waals surface area contributed by atoms with Crippen LogP contribution in [-0.2, 0) is 6.42 Å². The number of aromatic nitrogens is 3. The number of rotatable bonds is 6. The van der Waals surface area contributed by atoms with E-state index in [4.69, 9.17) is 11.6 Å². The van der Waals surface area contributed by atoms with Gasteiger partial charge in [-0.15, -0.1) is 0 Å². The molecule has 0 saturated heterocycles. The first-order valence-corrected chi connectivity index (χ1v) is 8.46. The van der Waals surface area contributed by atoms with Crippen molar-refractivity contribution in [2.24, 2.45) is 0 Å². The highest BCUT2D eigenvalue weighted by Gasteiger charge is 2.08. The summed E-state index contributed by atoms with van der Waals surface area (Å²) in [4.78, 5) is 15.3. The average Bonchev–Trinajstić information content (AvgIpc) is 2.62. The molecule has 3 aromatic rings. The summed E-state index contributed by atoms with van der Waals surface area (Å²) < 4.78 is 0. The smallest absolute Gasteiger partial charge is 0.227 e. The van der Waals surface area contributed by atoms with Crippen LogP contribution in [0.4, 0.5) is 17.5 Å². The van der Waals surface area contributed by atoms with Gasteiger partial charge >= 0.3 is 0 Å². The molecule has 1 aromatic carbocycles. The maximum atomic E-state index is 5.93. The summed E-state index contributed by atoms with van der Waals surface area (Å²) in [5.74, 6) is 1.46. The van der Waals surface area contributed by atoms with Crippen LogP contribution in [0.3, 0.4) is 0 Å². The molecule has 1 N–H and O–H groups in total.